The Morgan fingerprint density at radius 1 is 0.676 bits per heavy atom. The molecule has 0 bridgehead atoms. The van der Waals surface area contributed by atoms with E-state index in [9.17, 15) is 9.59 Å². The molecule has 1 aromatic heterocycles. The highest BCUT2D eigenvalue weighted by Crippen LogP contribution is 2.31. The van der Waals surface area contributed by atoms with E-state index < -0.39 is 0 Å². The zero-order chi connectivity index (χ0) is 25.8. The number of rotatable bonds is 10. The molecule has 0 aliphatic rings. The molecule has 0 fully saturated rings. The van der Waals surface area contributed by atoms with Crippen LogP contribution in [0.5, 0.6) is 5.75 Å². The molecule has 0 amide bonds. The second-order valence-corrected chi connectivity index (χ2v) is 9.39. The number of ether oxygens (including phenoxy) is 1. The summed E-state index contributed by atoms with van der Waals surface area (Å²) in [6.07, 6.45) is 4.79. The highest BCUT2D eigenvalue weighted by Gasteiger charge is 2.20. The average Bonchev–Trinajstić information content (AvgIpc) is 3.27. The van der Waals surface area contributed by atoms with E-state index in [1.54, 1.807) is 55.6 Å². The predicted octanol–water partition coefficient (Wildman–Crippen LogP) is 7.85. The molecule has 0 aliphatic heterocycles. The third-order valence-electron chi connectivity index (χ3n) is 7.04. The zero-order valence-electron chi connectivity index (χ0n) is 21.4. The van der Waals surface area contributed by atoms with Crippen LogP contribution in [-0.4, -0.2) is 23.2 Å². The fraction of sp³-hybridized carbons (Fsp3) is 0.212. The van der Waals surface area contributed by atoms with Gasteiger partial charge < -0.3 is 9.30 Å². The molecule has 37 heavy (non-hydrogen) atoms. The number of fused-ring (bicyclic) bond motifs is 3. The van der Waals surface area contributed by atoms with Gasteiger partial charge in [0.15, 0.2) is 11.6 Å². The molecule has 4 heteroatoms. The lowest BCUT2D eigenvalue weighted by atomic mass is 9.93. The fourth-order valence-corrected chi connectivity index (χ4v) is 5.07. The number of para-hydroxylation sites is 1. The van der Waals surface area contributed by atoms with Gasteiger partial charge >= 0.3 is 0 Å². The maximum atomic E-state index is 13.8. The van der Waals surface area contributed by atoms with Crippen LogP contribution in [0.3, 0.4) is 0 Å². The van der Waals surface area contributed by atoms with Crippen molar-refractivity contribution >= 4 is 33.4 Å². The maximum absolute atomic E-state index is 13.8. The topological polar surface area (TPSA) is 48.3 Å². The van der Waals surface area contributed by atoms with Gasteiger partial charge in [0.2, 0.25) is 0 Å². The Kier molecular flexibility index (Phi) is 7.18. The number of unbranched alkanes of at least 4 members (excludes halogenated alkanes) is 3. The molecule has 0 unspecified atom stereocenters. The summed E-state index contributed by atoms with van der Waals surface area (Å²) in [5.41, 5.74) is 4.23. The Morgan fingerprint density at radius 3 is 2.00 bits per heavy atom. The van der Waals surface area contributed by atoms with Crippen LogP contribution < -0.4 is 4.74 Å². The summed E-state index contributed by atoms with van der Waals surface area (Å²) in [6, 6.07) is 28.3. The molecule has 0 saturated carbocycles. The standard InChI is InChI=1S/C33H31NO3/c1-3-4-5-10-21-34-30-14-9-8-11-26(30)29-22-24(17-20-31(29)34)33(36)28-13-7-6-12-27(28)32(35)23-15-18-25(37-2)19-16-23/h6-9,11-20,22H,3-5,10,21H2,1-2H3. The Morgan fingerprint density at radius 2 is 1.30 bits per heavy atom. The third kappa shape index (κ3) is 4.79. The summed E-state index contributed by atoms with van der Waals surface area (Å²) in [5.74, 6) is 0.342. The van der Waals surface area contributed by atoms with Crippen molar-refractivity contribution in [3.63, 3.8) is 0 Å². The van der Waals surface area contributed by atoms with Crippen LogP contribution in [0, 0.1) is 0 Å². The van der Waals surface area contributed by atoms with Crippen molar-refractivity contribution in [2.24, 2.45) is 0 Å². The number of aromatic nitrogens is 1. The second-order valence-electron chi connectivity index (χ2n) is 9.39. The van der Waals surface area contributed by atoms with Crippen molar-refractivity contribution in [3.05, 3.63) is 113 Å². The van der Waals surface area contributed by atoms with E-state index in [0.717, 1.165) is 29.3 Å². The number of ketones is 2. The van der Waals surface area contributed by atoms with Crippen LogP contribution in [-0.2, 0) is 6.54 Å². The quantitative estimate of drug-likeness (QED) is 0.148. The Labute approximate surface area is 217 Å². The molecule has 4 aromatic carbocycles. The highest BCUT2D eigenvalue weighted by molar-refractivity contribution is 6.21. The Bertz CT molecular complexity index is 1580. The third-order valence-corrected chi connectivity index (χ3v) is 7.04. The molecule has 5 aromatic rings. The Balaban J connectivity index is 1.52. The molecule has 0 atom stereocenters. The van der Waals surface area contributed by atoms with E-state index in [0.29, 0.717) is 28.0 Å². The SMILES string of the molecule is CCCCCCn1c2ccccc2c2cc(C(=O)c3ccccc3C(=O)c3ccc(OC)cc3)ccc21. The van der Waals surface area contributed by atoms with E-state index in [1.807, 2.05) is 18.2 Å². The number of hydrogen-bond donors (Lipinski definition) is 0. The van der Waals surface area contributed by atoms with Crippen molar-refractivity contribution in [2.45, 2.75) is 39.2 Å². The predicted molar refractivity (Wildman–Crippen MR) is 150 cm³/mol. The number of carbonyl (C=O) groups excluding carboxylic acids is 2. The molecule has 1 heterocycles. The number of aryl methyl sites for hydroxylation is 1. The minimum Gasteiger partial charge on any atom is -0.497 e. The first kappa shape index (κ1) is 24.5. The van der Waals surface area contributed by atoms with Gasteiger partial charge in [-0.1, -0.05) is 68.7 Å². The summed E-state index contributed by atoms with van der Waals surface area (Å²) >= 11 is 0. The lowest BCUT2D eigenvalue weighted by molar-refractivity contribution is 0.100. The summed E-state index contributed by atoms with van der Waals surface area (Å²) in [7, 11) is 1.59. The molecular weight excluding hydrogens is 458 g/mol. The molecule has 186 valence electrons. The van der Waals surface area contributed by atoms with Gasteiger partial charge in [0, 0.05) is 50.6 Å². The van der Waals surface area contributed by atoms with Gasteiger partial charge in [-0.15, -0.1) is 0 Å². The number of methoxy groups -OCH3 is 1. The van der Waals surface area contributed by atoms with E-state index in [-0.39, 0.29) is 11.6 Å². The first-order valence-electron chi connectivity index (χ1n) is 13.0. The molecule has 0 aliphatic carbocycles. The number of carbonyl (C=O) groups is 2. The van der Waals surface area contributed by atoms with E-state index >= 15 is 0 Å². The zero-order valence-corrected chi connectivity index (χ0v) is 21.4. The van der Waals surface area contributed by atoms with Crippen molar-refractivity contribution in [3.8, 4) is 5.75 Å². The molecule has 0 spiro atoms. The van der Waals surface area contributed by atoms with E-state index in [1.165, 1.54) is 24.8 Å². The van der Waals surface area contributed by atoms with Crippen molar-refractivity contribution in [1.82, 2.24) is 4.57 Å². The number of nitrogens with zero attached hydrogens (tertiary/aromatic N) is 1. The van der Waals surface area contributed by atoms with Crippen LogP contribution >= 0.6 is 0 Å². The Hall–Kier alpha value is -4.18. The summed E-state index contributed by atoms with van der Waals surface area (Å²) in [4.78, 5) is 27.1. The minimum absolute atomic E-state index is 0.154. The van der Waals surface area contributed by atoms with Crippen molar-refractivity contribution < 1.29 is 14.3 Å². The van der Waals surface area contributed by atoms with Gasteiger partial charge in [-0.25, -0.2) is 0 Å². The van der Waals surface area contributed by atoms with Gasteiger partial charge in [-0.2, -0.15) is 0 Å². The van der Waals surface area contributed by atoms with Gasteiger partial charge in [0.1, 0.15) is 5.75 Å². The van der Waals surface area contributed by atoms with Crippen LogP contribution in [0.2, 0.25) is 0 Å². The van der Waals surface area contributed by atoms with Gasteiger partial charge in [0.25, 0.3) is 0 Å². The van der Waals surface area contributed by atoms with Crippen LogP contribution in [0.4, 0.5) is 0 Å². The average molecular weight is 490 g/mol. The van der Waals surface area contributed by atoms with Gasteiger partial charge in [-0.3, -0.25) is 9.59 Å². The molecule has 0 radical (unpaired) electrons. The van der Waals surface area contributed by atoms with Gasteiger partial charge in [0.05, 0.1) is 7.11 Å². The smallest absolute Gasteiger partial charge is 0.193 e. The van der Waals surface area contributed by atoms with E-state index in [4.69, 9.17) is 4.74 Å². The number of hydrogen-bond acceptors (Lipinski definition) is 3. The van der Waals surface area contributed by atoms with E-state index in [2.05, 4.69) is 35.8 Å². The molecule has 0 N–H and O–H groups in total. The summed E-state index contributed by atoms with van der Waals surface area (Å²) in [5, 5.41) is 2.21. The van der Waals surface area contributed by atoms with Crippen LogP contribution in [0.25, 0.3) is 21.8 Å². The molecular formula is C33H31NO3. The van der Waals surface area contributed by atoms with Crippen LogP contribution in [0.1, 0.15) is 64.4 Å². The second kappa shape index (κ2) is 10.8. The summed E-state index contributed by atoms with van der Waals surface area (Å²) < 4.78 is 7.58. The maximum Gasteiger partial charge on any atom is 0.193 e. The van der Waals surface area contributed by atoms with Crippen LogP contribution in [0.15, 0.2) is 91.0 Å². The first-order chi connectivity index (χ1) is 18.1. The largest absolute Gasteiger partial charge is 0.497 e. The van der Waals surface area contributed by atoms with Crippen molar-refractivity contribution in [2.75, 3.05) is 7.11 Å². The highest BCUT2D eigenvalue weighted by atomic mass is 16.5. The molecule has 4 nitrogen and oxygen atoms in total. The molecule has 5 rings (SSSR count). The first-order valence-corrected chi connectivity index (χ1v) is 13.0. The number of benzene rings is 4. The lowest BCUT2D eigenvalue weighted by Gasteiger charge is -2.10. The molecule has 0 saturated heterocycles. The fourth-order valence-electron chi connectivity index (χ4n) is 5.07. The monoisotopic (exact) mass is 489 g/mol. The summed E-state index contributed by atoms with van der Waals surface area (Å²) in [6.45, 7) is 3.18. The van der Waals surface area contributed by atoms with Gasteiger partial charge in [-0.05, 0) is 55.0 Å². The lowest BCUT2D eigenvalue weighted by Crippen LogP contribution is -2.11. The minimum atomic E-state index is -0.184. The van der Waals surface area contributed by atoms with Crippen molar-refractivity contribution in [1.29, 1.82) is 0 Å². The normalized spacial score (nSPS) is 11.2.